The van der Waals surface area contributed by atoms with Crippen molar-refractivity contribution in [3.63, 3.8) is 0 Å². The van der Waals surface area contributed by atoms with Gasteiger partial charge in [-0.2, -0.15) is 0 Å². The summed E-state index contributed by atoms with van der Waals surface area (Å²) in [4.78, 5) is 12.9. The normalized spacial score (nSPS) is 11.5. The molecule has 2 aromatic carbocycles. The predicted octanol–water partition coefficient (Wildman–Crippen LogP) is 3.30. The molecule has 0 aliphatic heterocycles. The number of hydrogen-bond donors (Lipinski definition) is 1. The number of methoxy groups -OCH3 is 4. The summed E-state index contributed by atoms with van der Waals surface area (Å²) in [7, 11) is 6.04. The zero-order chi connectivity index (χ0) is 21.4. The average Bonchev–Trinajstić information content (AvgIpc) is 2.76. The van der Waals surface area contributed by atoms with E-state index < -0.39 is 6.10 Å². The molecule has 7 heteroatoms. The van der Waals surface area contributed by atoms with Crippen molar-refractivity contribution in [1.82, 2.24) is 0 Å². The maximum Gasteiger partial charge on any atom is 0.203 e. The van der Waals surface area contributed by atoms with Gasteiger partial charge in [-0.05, 0) is 49.6 Å². The van der Waals surface area contributed by atoms with Crippen molar-refractivity contribution < 1.29 is 33.6 Å². The fraction of sp³-hybridized carbons (Fsp3) is 0.409. The van der Waals surface area contributed by atoms with Crippen molar-refractivity contribution in [3.8, 4) is 28.7 Å². The van der Waals surface area contributed by atoms with Crippen molar-refractivity contribution in [1.29, 1.82) is 0 Å². The Bertz CT molecular complexity index is 807. The summed E-state index contributed by atoms with van der Waals surface area (Å²) < 4.78 is 27.2. The molecule has 0 unspecified atom stereocenters. The minimum Gasteiger partial charge on any atom is -0.493 e. The molecule has 2 aromatic rings. The first kappa shape index (κ1) is 22.4. The molecule has 1 atom stereocenters. The molecule has 158 valence electrons. The Morgan fingerprint density at radius 1 is 0.897 bits per heavy atom. The molecule has 0 heterocycles. The number of Topliss-reactive ketones (excluding diaryl/α,β-unsaturated/α-hetero) is 1. The molecule has 29 heavy (non-hydrogen) atoms. The molecular formula is C22H28O7. The molecule has 7 nitrogen and oxygen atoms in total. The van der Waals surface area contributed by atoms with Crippen LogP contribution in [0.5, 0.6) is 28.7 Å². The molecule has 0 fully saturated rings. The second-order valence-electron chi connectivity index (χ2n) is 6.35. The molecule has 0 aromatic heterocycles. The van der Waals surface area contributed by atoms with Gasteiger partial charge in [0, 0.05) is 12.2 Å². The van der Waals surface area contributed by atoms with E-state index in [1.807, 2.05) is 12.1 Å². The number of ketones is 1. The van der Waals surface area contributed by atoms with Crippen LogP contribution in [-0.4, -0.2) is 52.0 Å². The van der Waals surface area contributed by atoms with Gasteiger partial charge >= 0.3 is 0 Å². The van der Waals surface area contributed by atoms with E-state index in [1.54, 1.807) is 32.2 Å². The fourth-order valence-electron chi connectivity index (χ4n) is 2.95. The highest BCUT2D eigenvalue weighted by Crippen LogP contribution is 2.38. The van der Waals surface area contributed by atoms with Gasteiger partial charge in [-0.1, -0.05) is 6.07 Å². The van der Waals surface area contributed by atoms with E-state index in [-0.39, 0.29) is 12.4 Å². The third-order valence-corrected chi connectivity index (χ3v) is 4.47. The van der Waals surface area contributed by atoms with Gasteiger partial charge < -0.3 is 28.8 Å². The number of aliphatic hydroxyl groups excluding tert-OH is 1. The van der Waals surface area contributed by atoms with Gasteiger partial charge in [0.05, 0.1) is 28.4 Å². The van der Waals surface area contributed by atoms with Crippen molar-refractivity contribution in [2.24, 2.45) is 0 Å². The van der Waals surface area contributed by atoms with Crippen LogP contribution in [0.25, 0.3) is 0 Å². The van der Waals surface area contributed by atoms with E-state index in [0.29, 0.717) is 40.7 Å². The highest BCUT2D eigenvalue weighted by Gasteiger charge is 2.23. The molecule has 1 N–H and O–H groups in total. The zero-order valence-corrected chi connectivity index (χ0v) is 17.5. The number of carbonyl (C=O) groups excluding carboxylic acids is 1. The first-order valence-corrected chi connectivity index (χ1v) is 9.27. The number of ether oxygens (including phenoxy) is 5. The number of hydrogen-bond acceptors (Lipinski definition) is 7. The van der Waals surface area contributed by atoms with Crippen molar-refractivity contribution >= 4 is 5.78 Å². The summed E-state index contributed by atoms with van der Waals surface area (Å²) in [5, 5.41) is 8.99. The SMILES string of the molecule is COc1cc(CCCO)ccc1O[C@@H](C)C(=O)c1cc(OC)c(OC)c(OC)c1. The van der Waals surface area contributed by atoms with Gasteiger partial charge in [-0.15, -0.1) is 0 Å². The molecule has 0 radical (unpaired) electrons. The molecular weight excluding hydrogens is 376 g/mol. The van der Waals surface area contributed by atoms with Gasteiger partial charge in [-0.25, -0.2) is 0 Å². The number of aryl methyl sites for hydroxylation is 1. The maximum absolute atomic E-state index is 12.9. The summed E-state index contributed by atoms with van der Waals surface area (Å²) >= 11 is 0. The van der Waals surface area contributed by atoms with Crippen LogP contribution in [0.15, 0.2) is 30.3 Å². The van der Waals surface area contributed by atoms with Crippen LogP contribution in [0, 0.1) is 0 Å². The van der Waals surface area contributed by atoms with E-state index in [1.165, 1.54) is 21.3 Å². The summed E-state index contributed by atoms with van der Waals surface area (Å²) in [6.45, 7) is 1.80. The van der Waals surface area contributed by atoms with E-state index in [4.69, 9.17) is 28.8 Å². The van der Waals surface area contributed by atoms with Crippen LogP contribution < -0.4 is 23.7 Å². The Labute approximate surface area is 171 Å². The molecule has 0 amide bonds. The maximum atomic E-state index is 12.9. The van der Waals surface area contributed by atoms with Crippen molar-refractivity contribution in [3.05, 3.63) is 41.5 Å². The minimum atomic E-state index is -0.769. The Balaban J connectivity index is 2.25. The third kappa shape index (κ3) is 5.32. The summed E-state index contributed by atoms with van der Waals surface area (Å²) in [6.07, 6.45) is 0.627. The van der Waals surface area contributed by atoms with Crippen LogP contribution in [0.4, 0.5) is 0 Å². The summed E-state index contributed by atoms with van der Waals surface area (Å²) in [6, 6.07) is 8.70. The Morgan fingerprint density at radius 3 is 2.03 bits per heavy atom. The summed E-state index contributed by atoms with van der Waals surface area (Å²) in [5.41, 5.74) is 1.40. The van der Waals surface area contributed by atoms with Gasteiger partial charge in [0.15, 0.2) is 29.1 Å². The number of carbonyl (C=O) groups is 1. The monoisotopic (exact) mass is 404 g/mol. The minimum absolute atomic E-state index is 0.126. The third-order valence-electron chi connectivity index (χ3n) is 4.47. The first-order chi connectivity index (χ1) is 14.0. The van der Waals surface area contributed by atoms with E-state index in [0.717, 1.165) is 12.0 Å². The van der Waals surface area contributed by atoms with Gasteiger partial charge in [0.2, 0.25) is 11.5 Å². The number of aliphatic hydroxyl groups is 1. The average molecular weight is 404 g/mol. The lowest BCUT2D eigenvalue weighted by Crippen LogP contribution is -2.24. The van der Waals surface area contributed by atoms with Gasteiger partial charge in [0.1, 0.15) is 0 Å². The quantitative estimate of drug-likeness (QED) is 0.575. The van der Waals surface area contributed by atoms with Crippen LogP contribution in [0.3, 0.4) is 0 Å². The van der Waals surface area contributed by atoms with E-state index >= 15 is 0 Å². The Morgan fingerprint density at radius 2 is 1.52 bits per heavy atom. The lowest BCUT2D eigenvalue weighted by Gasteiger charge is -2.18. The number of benzene rings is 2. The molecule has 0 bridgehead atoms. The Kier molecular flexibility index (Phi) is 8.15. The smallest absolute Gasteiger partial charge is 0.203 e. The largest absolute Gasteiger partial charge is 0.493 e. The molecule has 2 rings (SSSR count). The second-order valence-corrected chi connectivity index (χ2v) is 6.35. The van der Waals surface area contributed by atoms with Crippen molar-refractivity contribution in [2.45, 2.75) is 25.9 Å². The van der Waals surface area contributed by atoms with Crippen LogP contribution in [0.1, 0.15) is 29.3 Å². The fourth-order valence-corrected chi connectivity index (χ4v) is 2.95. The molecule has 0 saturated carbocycles. The molecule has 0 spiro atoms. The predicted molar refractivity (Wildman–Crippen MR) is 109 cm³/mol. The molecule has 0 aliphatic rings. The highest BCUT2D eigenvalue weighted by molar-refractivity contribution is 6.00. The molecule has 0 saturated heterocycles. The zero-order valence-electron chi connectivity index (χ0n) is 17.5. The Hall–Kier alpha value is -2.93. The van der Waals surface area contributed by atoms with E-state index in [9.17, 15) is 4.79 Å². The van der Waals surface area contributed by atoms with Crippen LogP contribution in [0.2, 0.25) is 0 Å². The van der Waals surface area contributed by atoms with Crippen LogP contribution in [-0.2, 0) is 6.42 Å². The first-order valence-electron chi connectivity index (χ1n) is 9.27. The highest BCUT2D eigenvalue weighted by atomic mass is 16.5. The molecule has 0 aliphatic carbocycles. The lowest BCUT2D eigenvalue weighted by molar-refractivity contribution is 0.0813. The van der Waals surface area contributed by atoms with Gasteiger partial charge in [-0.3, -0.25) is 4.79 Å². The van der Waals surface area contributed by atoms with E-state index in [2.05, 4.69) is 0 Å². The van der Waals surface area contributed by atoms with Crippen LogP contribution >= 0.6 is 0 Å². The second kappa shape index (κ2) is 10.6. The van der Waals surface area contributed by atoms with Gasteiger partial charge in [0.25, 0.3) is 0 Å². The standard InChI is InChI=1S/C22H28O7/c1-14(29-17-9-8-15(7-6-10-23)11-18(17)25-2)21(24)16-12-19(26-3)22(28-5)20(13-16)27-4/h8-9,11-14,23H,6-7,10H2,1-5H3/t14-/m0/s1. The van der Waals surface area contributed by atoms with Crippen molar-refractivity contribution in [2.75, 3.05) is 35.0 Å². The summed E-state index contributed by atoms with van der Waals surface area (Å²) in [5.74, 6) is 1.97. The lowest BCUT2D eigenvalue weighted by atomic mass is 10.1. The topological polar surface area (TPSA) is 83.5 Å². The number of rotatable bonds is 11.